The van der Waals surface area contributed by atoms with E-state index >= 15 is 0 Å². The standard InChI is InChI=1S/C15H15F3N8/c16-15(17,18)11-2-3-12(19-10-11)24-6-1-7-25(9-8-24)14-5-4-13-20-22-23-26(13)21-14/h2-5,10H,1,6-9H2. The summed E-state index contributed by atoms with van der Waals surface area (Å²) in [6, 6.07) is 6.14. The highest BCUT2D eigenvalue weighted by Crippen LogP contribution is 2.29. The molecule has 3 aromatic rings. The molecule has 0 radical (unpaired) electrons. The maximum atomic E-state index is 12.7. The van der Waals surface area contributed by atoms with E-state index in [1.165, 1.54) is 10.7 Å². The molecule has 26 heavy (non-hydrogen) atoms. The SMILES string of the molecule is FC(F)(F)c1ccc(N2CCCN(c3ccc4nnnn4n3)CC2)nc1. The van der Waals surface area contributed by atoms with Crippen LogP contribution >= 0.6 is 0 Å². The van der Waals surface area contributed by atoms with Crippen LogP contribution in [0, 0.1) is 0 Å². The minimum Gasteiger partial charge on any atom is -0.355 e. The van der Waals surface area contributed by atoms with E-state index in [-0.39, 0.29) is 0 Å². The molecule has 4 rings (SSSR count). The summed E-state index contributed by atoms with van der Waals surface area (Å²) in [6.45, 7) is 2.79. The van der Waals surface area contributed by atoms with Gasteiger partial charge in [0.05, 0.1) is 5.56 Å². The minimum atomic E-state index is -4.37. The number of anilines is 2. The first-order valence-corrected chi connectivity index (χ1v) is 8.09. The lowest BCUT2D eigenvalue weighted by Crippen LogP contribution is -2.31. The molecule has 0 saturated carbocycles. The second-order valence-electron chi connectivity index (χ2n) is 5.95. The quantitative estimate of drug-likeness (QED) is 0.684. The largest absolute Gasteiger partial charge is 0.417 e. The van der Waals surface area contributed by atoms with Crippen molar-refractivity contribution in [1.82, 2.24) is 30.2 Å². The molecule has 11 heteroatoms. The normalized spacial score (nSPS) is 16.1. The highest BCUT2D eigenvalue weighted by atomic mass is 19.4. The Balaban J connectivity index is 1.47. The molecule has 0 atom stereocenters. The summed E-state index contributed by atoms with van der Waals surface area (Å²) in [5.41, 5.74) is -0.171. The third kappa shape index (κ3) is 3.24. The summed E-state index contributed by atoms with van der Waals surface area (Å²) in [7, 11) is 0. The molecular formula is C15H15F3N8. The van der Waals surface area contributed by atoms with Crippen LogP contribution in [0.15, 0.2) is 30.5 Å². The van der Waals surface area contributed by atoms with Gasteiger partial charge in [0.25, 0.3) is 0 Å². The van der Waals surface area contributed by atoms with Gasteiger partial charge >= 0.3 is 6.18 Å². The van der Waals surface area contributed by atoms with Crippen molar-refractivity contribution in [3.63, 3.8) is 0 Å². The van der Waals surface area contributed by atoms with Crippen LogP contribution in [0.4, 0.5) is 24.8 Å². The zero-order chi connectivity index (χ0) is 18.1. The molecule has 0 N–H and O–H groups in total. The van der Waals surface area contributed by atoms with Crippen LogP contribution in [0.25, 0.3) is 5.65 Å². The predicted octanol–water partition coefficient (Wildman–Crippen LogP) is 1.65. The van der Waals surface area contributed by atoms with Gasteiger partial charge in [0.1, 0.15) is 5.82 Å². The van der Waals surface area contributed by atoms with Crippen molar-refractivity contribution in [1.29, 1.82) is 0 Å². The van der Waals surface area contributed by atoms with Gasteiger partial charge in [-0.25, -0.2) is 4.98 Å². The number of alkyl halides is 3. The smallest absolute Gasteiger partial charge is 0.355 e. The van der Waals surface area contributed by atoms with Gasteiger partial charge in [0.15, 0.2) is 11.5 Å². The van der Waals surface area contributed by atoms with Crippen molar-refractivity contribution >= 4 is 17.3 Å². The summed E-state index contributed by atoms with van der Waals surface area (Å²) >= 11 is 0. The zero-order valence-corrected chi connectivity index (χ0v) is 13.6. The van der Waals surface area contributed by atoms with Crippen molar-refractivity contribution in [2.24, 2.45) is 0 Å². The summed E-state index contributed by atoms with van der Waals surface area (Å²) in [5.74, 6) is 1.30. The molecule has 1 saturated heterocycles. The molecule has 0 spiro atoms. The fraction of sp³-hybridized carbons (Fsp3) is 0.400. The fourth-order valence-electron chi connectivity index (χ4n) is 2.93. The highest BCUT2D eigenvalue weighted by Gasteiger charge is 2.31. The lowest BCUT2D eigenvalue weighted by atomic mass is 10.2. The maximum Gasteiger partial charge on any atom is 0.417 e. The van der Waals surface area contributed by atoms with Crippen LogP contribution in [0.2, 0.25) is 0 Å². The number of rotatable bonds is 2. The van der Waals surface area contributed by atoms with Gasteiger partial charge in [-0.2, -0.15) is 13.2 Å². The van der Waals surface area contributed by atoms with E-state index in [4.69, 9.17) is 0 Å². The van der Waals surface area contributed by atoms with Gasteiger partial charge in [-0.15, -0.1) is 14.8 Å². The van der Waals surface area contributed by atoms with Gasteiger partial charge in [0, 0.05) is 32.4 Å². The Morgan fingerprint density at radius 3 is 2.31 bits per heavy atom. The number of hydrogen-bond acceptors (Lipinski definition) is 7. The molecule has 4 heterocycles. The van der Waals surface area contributed by atoms with Crippen molar-refractivity contribution in [3.05, 3.63) is 36.0 Å². The lowest BCUT2D eigenvalue weighted by Gasteiger charge is -2.23. The van der Waals surface area contributed by atoms with Crippen molar-refractivity contribution < 1.29 is 13.2 Å². The summed E-state index contributed by atoms with van der Waals surface area (Å²) in [6.07, 6.45) is -2.66. The third-order valence-corrected chi connectivity index (χ3v) is 4.27. The van der Waals surface area contributed by atoms with Crippen LogP contribution in [-0.4, -0.2) is 56.4 Å². The molecule has 3 aromatic heterocycles. The monoisotopic (exact) mass is 364 g/mol. The Bertz CT molecular complexity index is 892. The topological polar surface area (TPSA) is 75.3 Å². The summed E-state index contributed by atoms with van der Waals surface area (Å²) < 4.78 is 39.4. The van der Waals surface area contributed by atoms with Gasteiger partial charge in [0.2, 0.25) is 0 Å². The molecular weight excluding hydrogens is 349 g/mol. The molecule has 1 aliphatic heterocycles. The van der Waals surface area contributed by atoms with Crippen LogP contribution in [0.1, 0.15) is 12.0 Å². The number of nitrogens with zero attached hydrogens (tertiary/aromatic N) is 8. The van der Waals surface area contributed by atoms with Crippen molar-refractivity contribution in [2.45, 2.75) is 12.6 Å². The lowest BCUT2D eigenvalue weighted by molar-refractivity contribution is -0.137. The van der Waals surface area contributed by atoms with E-state index in [2.05, 4.69) is 30.5 Å². The zero-order valence-electron chi connectivity index (χ0n) is 13.6. The third-order valence-electron chi connectivity index (χ3n) is 4.27. The minimum absolute atomic E-state index is 0.545. The van der Waals surface area contributed by atoms with Gasteiger partial charge in [-0.05, 0) is 41.1 Å². The second kappa shape index (κ2) is 6.39. The van der Waals surface area contributed by atoms with E-state index in [0.717, 1.165) is 31.0 Å². The summed E-state index contributed by atoms with van der Waals surface area (Å²) in [5, 5.41) is 15.6. The molecule has 0 amide bonds. The van der Waals surface area contributed by atoms with Crippen LogP contribution in [0.3, 0.4) is 0 Å². The number of halogens is 3. The number of pyridine rings is 1. The average molecular weight is 364 g/mol. The Morgan fingerprint density at radius 2 is 1.62 bits per heavy atom. The first kappa shape index (κ1) is 16.5. The number of hydrogen-bond donors (Lipinski definition) is 0. The second-order valence-corrected chi connectivity index (χ2v) is 5.95. The van der Waals surface area contributed by atoms with E-state index in [1.54, 1.807) is 6.07 Å². The Morgan fingerprint density at radius 1 is 0.885 bits per heavy atom. The molecule has 0 aromatic carbocycles. The maximum absolute atomic E-state index is 12.7. The Labute approximate surface area is 146 Å². The van der Waals surface area contributed by atoms with E-state index in [0.29, 0.717) is 31.1 Å². The Hall–Kier alpha value is -2.98. The molecule has 0 bridgehead atoms. The van der Waals surface area contributed by atoms with Crippen LogP contribution in [-0.2, 0) is 6.18 Å². The molecule has 1 aliphatic rings. The molecule has 136 valence electrons. The van der Waals surface area contributed by atoms with Crippen LogP contribution in [0.5, 0.6) is 0 Å². The Kier molecular flexibility index (Phi) is 4.05. The predicted molar refractivity (Wildman–Crippen MR) is 86.9 cm³/mol. The van der Waals surface area contributed by atoms with E-state index in [1.807, 2.05) is 11.0 Å². The van der Waals surface area contributed by atoms with Gasteiger partial charge in [-0.3, -0.25) is 0 Å². The number of tetrazole rings is 1. The van der Waals surface area contributed by atoms with Crippen LogP contribution < -0.4 is 9.80 Å². The van der Waals surface area contributed by atoms with Crippen molar-refractivity contribution in [2.75, 3.05) is 36.0 Å². The van der Waals surface area contributed by atoms with Gasteiger partial charge < -0.3 is 9.80 Å². The fourth-order valence-corrected chi connectivity index (χ4v) is 2.93. The number of aromatic nitrogens is 6. The average Bonchev–Trinajstić information content (AvgIpc) is 2.96. The number of fused-ring (bicyclic) bond motifs is 1. The van der Waals surface area contributed by atoms with E-state index < -0.39 is 11.7 Å². The molecule has 0 unspecified atom stereocenters. The van der Waals surface area contributed by atoms with Gasteiger partial charge in [-0.1, -0.05) is 0 Å². The summed E-state index contributed by atoms with van der Waals surface area (Å²) in [4.78, 5) is 8.07. The first-order chi connectivity index (χ1) is 12.5. The molecule has 0 aliphatic carbocycles. The van der Waals surface area contributed by atoms with E-state index in [9.17, 15) is 13.2 Å². The molecule has 1 fully saturated rings. The van der Waals surface area contributed by atoms with Crippen molar-refractivity contribution in [3.8, 4) is 0 Å². The first-order valence-electron chi connectivity index (χ1n) is 8.09. The molecule has 8 nitrogen and oxygen atoms in total. The highest BCUT2D eigenvalue weighted by molar-refractivity contribution is 5.46.